The first-order valence-corrected chi connectivity index (χ1v) is 6.88. The van der Waals surface area contributed by atoms with Crippen molar-refractivity contribution >= 4 is 23.9 Å². The molecule has 0 aromatic rings. The standard InChI is InChI=1S/C14H21NO9/c1-7(16)21-6-5-11(22-8(2)17)13(23-9(3)18)12(15)14(20)24-10(4)19/h11,14,20H,5-6,15H2,1-4H3/b13-12+/t11-,14+/m1/s1. The summed E-state index contributed by atoms with van der Waals surface area (Å²) in [5, 5.41) is 9.73. The van der Waals surface area contributed by atoms with Crippen molar-refractivity contribution in [2.75, 3.05) is 6.61 Å². The second-order valence-electron chi connectivity index (χ2n) is 4.60. The summed E-state index contributed by atoms with van der Waals surface area (Å²) in [7, 11) is 0. The van der Waals surface area contributed by atoms with E-state index in [0.29, 0.717) is 0 Å². The highest BCUT2D eigenvalue weighted by Crippen LogP contribution is 2.19. The molecule has 10 nitrogen and oxygen atoms in total. The molecule has 0 spiro atoms. The minimum Gasteiger partial charge on any atom is -0.466 e. The lowest BCUT2D eigenvalue weighted by atomic mass is 10.1. The van der Waals surface area contributed by atoms with Crippen LogP contribution in [0.5, 0.6) is 0 Å². The largest absolute Gasteiger partial charge is 0.466 e. The zero-order chi connectivity index (χ0) is 18.9. The molecule has 0 aliphatic carbocycles. The van der Waals surface area contributed by atoms with Crippen molar-refractivity contribution in [3.05, 3.63) is 11.5 Å². The van der Waals surface area contributed by atoms with Crippen molar-refractivity contribution in [3.63, 3.8) is 0 Å². The molecule has 2 atom stereocenters. The first-order chi connectivity index (χ1) is 11.0. The summed E-state index contributed by atoms with van der Waals surface area (Å²) in [6, 6.07) is 0. The van der Waals surface area contributed by atoms with E-state index in [-0.39, 0.29) is 13.0 Å². The molecule has 24 heavy (non-hydrogen) atoms. The molecule has 0 bridgehead atoms. The highest BCUT2D eigenvalue weighted by Gasteiger charge is 2.28. The molecule has 3 N–H and O–H groups in total. The minimum atomic E-state index is -1.91. The van der Waals surface area contributed by atoms with E-state index in [1.807, 2.05) is 0 Å². The average molecular weight is 347 g/mol. The van der Waals surface area contributed by atoms with E-state index in [1.165, 1.54) is 6.92 Å². The van der Waals surface area contributed by atoms with Crippen LogP contribution in [0.4, 0.5) is 0 Å². The Kier molecular flexibility index (Phi) is 9.10. The van der Waals surface area contributed by atoms with Crippen molar-refractivity contribution in [1.82, 2.24) is 0 Å². The van der Waals surface area contributed by atoms with Gasteiger partial charge in [-0.25, -0.2) is 0 Å². The maximum absolute atomic E-state index is 11.2. The second-order valence-corrected chi connectivity index (χ2v) is 4.60. The van der Waals surface area contributed by atoms with E-state index < -0.39 is 47.7 Å². The number of carbonyl (C=O) groups excluding carboxylic acids is 4. The van der Waals surface area contributed by atoms with Crippen LogP contribution in [0, 0.1) is 0 Å². The smallest absolute Gasteiger partial charge is 0.307 e. The first kappa shape index (κ1) is 21.4. The van der Waals surface area contributed by atoms with E-state index in [1.54, 1.807) is 0 Å². The van der Waals surface area contributed by atoms with E-state index in [2.05, 4.69) is 4.74 Å². The average Bonchev–Trinajstić information content (AvgIpc) is 2.41. The van der Waals surface area contributed by atoms with Gasteiger partial charge in [-0.3, -0.25) is 19.2 Å². The van der Waals surface area contributed by atoms with Crippen LogP contribution in [0.2, 0.25) is 0 Å². The molecule has 0 amide bonds. The minimum absolute atomic E-state index is 0.102. The second kappa shape index (κ2) is 10.2. The third kappa shape index (κ3) is 8.73. The van der Waals surface area contributed by atoms with Crippen LogP contribution in [0.1, 0.15) is 34.1 Å². The summed E-state index contributed by atoms with van der Waals surface area (Å²) in [5.74, 6) is -3.37. The van der Waals surface area contributed by atoms with Gasteiger partial charge in [-0.05, 0) is 0 Å². The van der Waals surface area contributed by atoms with Gasteiger partial charge in [0.2, 0.25) is 6.29 Å². The molecule has 0 aromatic heterocycles. The van der Waals surface area contributed by atoms with Crippen molar-refractivity contribution in [3.8, 4) is 0 Å². The molecule has 0 saturated carbocycles. The Morgan fingerprint density at radius 1 is 0.917 bits per heavy atom. The van der Waals surface area contributed by atoms with Gasteiger partial charge in [-0.1, -0.05) is 0 Å². The topological polar surface area (TPSA) is 151 Å². The van der Waals surface area contributed by atoms with E-state index >= 15 is 0 Å². The number of esters is 4. The maximum Gasteiger partial charge on any atom is 0.307 e. The Hall–Kier alpha value is -2.62. The Morgan fingerprint density at radius 3 is 1.88 bits per heavy atom. The number of hydrogen-bond donors (Lipinski definition) is 2. The van der Waals surface area contributed by atoms with Crippen LogP contribution in [0.25, 0.3) is 0 Å². The summed E-state index contributed by atoms with van der Waals surface area (Å²) < 4.78 is 19.1. The van der Waals surface area contributed by atoms with Gasteiger partial charge in [-0.15, -0.1) is 0 Å². The lowest BCUT2D eigenvalue weighted by molar-refractivity contribution is -0.161. The zero-order valence-corrected chi connectivity index (χ0v) is 13.9. The zero-order valence-electron chi connectivity index (χ0n) is 13.9. The molecule has 0 heterocycles. The highest BCUT2D eigenvalue weighted by molar-refractivity contribution is 5.69. The van der Waals surface area contributed by atoms with E-state index in [4.69, 9.17) is 19.9 Å². The summed E-state index contributed by atoms with van der Waals surface area (Å²) >= 11 is 0. The van der Waals surface area contributed by atoms with Crippen molar-refractivity contribution in [2.45, 2.75) is 46.5 Å². The lowest BCUT2D eigenvalue weighted by Gasteiger charge is -2.22. The van der Waals surface area contributed by atoms with Crippen LogP contribution in [-0.2, 0) is 38.1 Å². The van der Waals surface area contributed by atoms with Gasteiger partial charge in [0.05, 0.1) is 6.61 Å². The van der Waals surface area contributed by atoms with E-state index in [0.717, 1.165) is 20.8 Å². The molecule has 0 rings (SSSR count). The third-order valence-electron chi connectivity index (χ3n) is 2.37. The van der Waals surface area contributed by atoms with Gasteiger partial charge in [0, 0.05) is 34.1 Å². The molecule has 0 saturated heterocycles. The van der Waals surface area contributed by atoms with E-state index in [9.17, 15) is 24.3 Å². The third-order valence-corrected chi connectivity index (χ3v) is 2.37. The Morgan fingerprint density at radius 2 is 1.46 bits per heavy atom. The molecule has 136 valence electrons. The Bertz CT molecular complexity index is 526. The van der Waals surface area contributed by atoms with Gasteiger partial charge in [0.25, 0.3) is 0 Å². The quantitative estimate of drug-likeness (QED) is 0.254. The van der Waals surface area contributed by atoms with Crippen molar-refractivity contribution in [2.24, 2.45) is 5.73 Å². The monoisotopic (exact) mass is 347 g/mol. The first-order valence-electron chi connectivity index (χ1n) is 6.88. The van der Waals surface area contributed by atoms with Crippen LogP contribution < -0.4 is 5.73 Å². The predicted molar refractivity (Wildman–Crippen MR) is 77.6 cm³/mol. The molecule has 0 fully saturated rings. The van der Waals surface area contributed by atoms with Gasteiger partial charge < -0.3 is 29.8 Å². The van der Waals surface area contributed by atoms with Gasteiger partial charge >= 0.3 is 23.9 Å². The summed E-state index contributed by atoms with van der Waals surface area (Å²) in [5.41, 5.74) is 5.11. The van der Waals surface area contributed by atoms with Crippen LogP contribution >= 0.6 is 0 Å². The number of nitrogens with two attached hydrogens (primary N) is 1. The number of hydrogen-bond acceptors (Lipinski definition) is 10. The summed E-state index contributed by atoms with van der Waals surface area (Å²) in [4.78, 5) is 44.2. The van der Waals surface area contributed by atoms with Gasteiger partial charge in [0.1, 0.15) is 5.70 Å². The number of aliphatic hydroxyl groups excluding tert-OH is 1. The molecule has 0 unspecified atom stereocenters. The van der Waals surface area contributed by atoms with Crippen molar-refractivity contribution in [1.29, 1.82) is 0 Å². The number of carbonyl (C=O) groups is 4. The fourth-order valence-corrected chi connectivity index (χ4v) is 1.56. The Labute approximate surface area is 138 Å². The normalized spacial score (nSPS) is 13.9. The number of aliphatic hydroxyl groups is 1. The lowest BCUT2D eigenvalue weighted by Crippen LogP contribution is -2.32. The summed E-state index contributed by atoms with van der Waals surface area (Å²) in [6.45, 7) is 4.20. The van der Waals surface area contributed by atoms with Crippen molar-refractivity contribution < 1.29 is 43.2 Å². The number of ether oxygens (including phenoxy) is 4. The molecule has 0 aromatic carbocycles. The fraction of sp³-hybridized carbons (Fsp3) is 0.571. The molecule has 10 heteroatoms. The number of rotatable bonds is 8. The maximum atomic E-state index is 11.2. The van der Waals surface area contributed by atoms with Crippen LogP contribution in [-0.4, -0.2) is 48.0 Å². The van der Waals surface area contributed by atoms with Gasteiger partial charge in [0.15, 0.2) is 11.9 Å². The van der Waals surface area contributed by atoms with Crippen LogP contribution in [0.15, 0.2) is 11.5 Å². The van der Waals surface area contributed by atoms with Crippen LogP contribution in [0.3, 0.4) is 0 Å². The Balaban J connectivity index is 5.54. The van der Waals surface area contributed by atoms with Gasteiger partial charge in [-0.2, -0.15) is 0 Å². The highest BCUT2D eigenvalue weighted by atomic mass is 16.6. The predicted octanol–water partition coefficient (Wildman–Crippen LogP) is -0.514. The molecule has 0 radical (unpaired) electrons. The molecule has 0 aliphatic heterocycles. The molecular formula is C14H21NO9. The molecular weight excluding hydrogens is 326 g/mol. The fourth-order valence-electron chi connectivity index (χ4n) is 1.56. The SMILES string of the molecule is CC(=O)OCC[C@@H](OC(C)=O)/C(OC(C)=O)=C(\N)[C@@H](O)OC(C)=O. The summed E-state index contributed by atoms with van der Waals surface area (Å²) in [6.07, 6.45) is -3.26. The molecule has 0 aliphatic rings.